The van der Waals surface area contributed by atoms with Crippen LogP contribution in [0.3, 0.4) is 0 Å². The number of nitrogens with zero attached hydrogens (tertiary/aromatic N) is 2. The molecule has 0 aliphatic heterocycles. The van der Waals surface area contributed by atoms with E-state index in [9.17, 15) is 9.59 Å². The van der Waals surface area contributed by atoms with E-state index in [1.807, 2.05) is 0 Å². The number of nitrogens with one attached hydrogen (secondary N) is 1. The number of primary amides is 1. The fourth-order valence-corrected chi connectivity index (χ4v) is 4.23. The molecule has 10 heteroatoms. The van der Waals surface area contributed by atoms with Crippen molar-refractivity contribution in [3.63, 3.8) is 0 Å². The Hall–Kier alpha value is -4.34. The lowest BCUT2D eigenvalue weighted by molar-refractivity contribution is -0.116. The number of aromatic nitrogens is 2. The van der Waals surface area contributed by atoms with E-state index >= 15 is 8.78 Å². The van der Waals surface area contributed by atoms with Gasteiger partial charge in [-0.2, -0.15) is 0 Å². The van der Waals surface area contributed by atoms with Gasteiger partial charge >= 0.3 is 0 Å². The number of halogens is 2. The number of hydrogen-bond donors (Lipinski definition) is 3. The van der Waals surface area contributed by atoms with E-state index in [4.69, 9.17) is 16.2 Å². The van der Waals surface area contributed by atoms with Crippen LogP contribution in [0.4, 0.5) is 14.6 Å². The maximum absolute atomic E-state index is 15.6. The summed E-state index contributed by atoms with van der Waals surface area (Å²) in [6.45, 7) is 3.66. The Kier molecular flexibility index (Phi) is 7.47. The fourth-order valence-electron chi connectivity index (χ4n) is 4.23. The summed E-state index contributed by atoms with van der Waals surface area (Å²) < 4.78 is 36.5. The second kappa shape index (κ2) is 10.7. The lowest BCUT2D eigenvalue weighted by Crippen LogP contribution is -2.26. The number of amides is 2. The Morgan fingerprint density at radius 3 is 2.59 bits per heavy atom. The van der Waals surface area contributed by atoms with Crippen LogP contribution in [0.25, 0.3) is 22.4 Å². The number of benzene rings is 2. The molecule has 0 radical (unpaired) electrons. The van der Waals surface area contributed by atoms with Crippen LogP contribution >= 0.6 is 0 Å². The average molecular weight is 508 g/mol. The first-order valence-electron chi connectivity index (χ1n) is 11.8. The van der Waals surface area contributed by atoms with Gasteiger partial charge in [-0.05, 0) is 73.6 Å². The van der Waals surface area contributed by atoms with Gasteiger partial charge in [0.1, 0.15) is 30.3 Å². The van der Waals surface area contributed by atoms with Gasteiger partial charge < -0.3 is 21.5 Å². The third kappa shape index (κ3) is 5.42. The minimum atomic E-state index is -0.906. The van der Waals surface area contributed by atoms with Gasteiger partial charge in [0.05, 0.1) is 12.1 Å². The summed E-state index contributed by atoms with van der Waals surface area (Å²) in [6, 6.07) is 5.54. The number of nitrogen functional groups attached to an aromatic ring is 1. The predicted octanol–water partition coefficient (Wildman–Crippen LogP) is 4.03. The van der Waals surface area contributed by atoms with Crippen molar-refractivity contribution < 1.29 is 23.1 Å². The van der Waals surface area contributed by atoms with E-state index < -0.39 is 17.5 Å². The van der Waals surface area contributed by atoms with Gasteiger partial charge in [-0.15, -0.1) is 0 Å². The first kappa shape index (κ1) is 25.7. The Balaban J connectivity index is 1.79. The zero-order valence-electron chi connectivity index (χ0n) is 20.5. The molecule has 0 spiro atoms. The average Bonchev–Trinajstić information content (AvgIpc) is 3.69. The van der Waals surface area contributed by atoms with Crippen molar-refractivity contribution in [3.8, 4) is 28.1 Å². The van der Waals surface area contributed by atoms with Crippen LogP contribution in [-0.2, 0) is 4.79 Å². The molecule has 1 saturated carbocycles. The molecular weight excluding hydrogens is 480 g/mol. The van der Waals surface area contributed by atoms with Crippen molar-refractivity contribution in [2.75, 3.05) is 18.9 Å². The molecule has 5 N–H and O–H groups in total. The Bertz CT molecular complexity index is 1400. The summed E-state index contributed by atoms with van der Waals surface area (Å²) in [7, 11) is 0. The molecule has 0 saturated heterocycles. The molecule has 37 heavy (non-hydrogen) atoms. The number of carbonyl (C=O) groups is 2. The third-order valence-corrected chi connectivity index (χ3v) is 6.15. The minimum Gasteiger partial charge on any atom is -0.486 e. The molecule has 192 valence electrons. The number of allylic oxidation sites excluding steroid dienone is 1. The quantitative estimate of drug-likeness (QED) is 0.296. The summed E-state index contributed by atoms with van der Waals surface area (Å²) in [6.07, 6.45) is 5.95. The second-order valence-electron chi connectivity index (χ2n) is 8.73. The highest BCUT2D eigenvalue weighted by atomic mass is 19.1. The van der Waals surface area contributed by atoms with E-state index in [1.165, 1.54) is 30.6 Å². The SMILES string of the molecule is CC=CC(=O)NCCOc1c(N)ncnc1-c1cc(F)cc(-c2c(C3CC3)ccc(C(N)=O)c2F)c1C. The Labute approximate surface area is 212 Å². The summed E-state index contributed by atoms with van der Waals surface area (Å²) >= 11 is 0. The molecule has 0 unspecified atom stereocenters. The van der Waals surface area contributed by atoms with Gasteiger partial charge in [0, 0.05) is 11.1 Å². The van der Waals surface area contributed by atoms with Crippen molar-refractivity contribution >= 4 is 17.6 Å². The summed E-state index contributed by atoms with van der Waals surface area (Å²) in [4.78, 5) is 31.7. The van der Waals surface area contributed by atoms with Crippen molar-refractivity contribution in [1.29, 1.82) is 0 Å². The van der Waals surface area contributed by atoms with Crippen LogP contribution in [0.15, 0.2) is 42.7 Å². The van der Waals surface area contributed by atoms with Crippen LogP contribution in [0.1, 0.15) is 47.2 Å². The van der Waals surface area contributed by atoms with Crippen LogP contribution in [0.5, 0.6) is 5.75 Å². The van der Waals surface area contributed by atoms with Crippen LogP contribution in [0.2, 0.25) is 0 Å². The third-order valence-electron chi connectivity index (χ3n) is 6.15. The number of hydrogen-bond acceptors (Lipinski definition) is 6. The highest BCUT2D eigenvalue weighted by Gasteiger charge is 2.31. The molecular formula is C27H27F2N5O3. The van der Waals surface area contributed by atoms with Gasteiger partial charge in [-0.1, -0.05) is 12.1 Å². The molecule has 0 bridgehead atoms. The van der Waals surface area contributed by atoms with Gasteiger partial charge in [0.15, 0.2) is 11.6 Å². The second-order valence-corrected chi connectivity index (χ2v) is 8.73. The molecule has 0 atom stereocenters. The topological polar surface area (TPSA) is 133 Å². The van der Waals surface area contributed by atoms with E-state index in [2.05, 4.69) is 15.3 Å². The number of ether oxygens (including phenoxy) is 1. The molecule has 8 nitrogen and oxygen atoms in total. The largest absolute Gasteiger partial charge is 0.486 e. The molecule has 1 aromatic heterocycles. The lowest BCUT2D eigenvalue weighted by atomic mass is 9.88. The smallest absolute Gasteiger partial charge is 0.251 e. The predicted molar refractivity (Wildman–Crippen MR) is 136 cm³/mol. The highest BCUT2D eigenvalue weighted by molar-refractivity contribution is 5.95. The Morgan fingerprint density at radius 2 is 1.92 bits per heavy atom. The maximum Gasteiger partial charge on any atom is 0.251 e. The van der Waals surface area contributed by atoms with Crippen molar-refractivity contribution in [3.05, 3.63) is 71.1 Å². The zero-order valence-corrected chi connectivity index (χ0v) is 20.5. The molecule has 1 aliphatic carbocycles. The standard InChI is InChI=1S/C27H27F2N5O3/c1-3-4-21(35)32-9-10-37-25-24(33-13-34-26(25)30)20-12-16(28)11-19(14(20)2)22-17(15-5-6-15)7-8-18(23(22)29)27(31)36/h3-4,7-8,11-13,15H,5-6,9-10H2,1-2H3,(H2,31,36)(H,32,35)(H2,30,33,34). The molecule has 3 aromatic rings. The number of carbonyl (C=O) groups excluding carboxylic acids is 2. The summed E-state index contributed by atoms with van der Waals surface area (Å²) in [5, 5.41) is 2.66. The van der Waals surface area contributed by atoms with Gasteiger partial charge in [-0.3, -0.25) is 9.59 Å². The molecule has 2 aromatic carbocycles. The molecule has 2 amide bonds. The van der Waals surface area contributed by atoms with Crippen LogP contribution in [0, 0.1) is 18.6 Å². The molecule has 1 fully saturated rings. The lowest BCUT2D eigenvalue weighted by Gasteiger charge is -2.19. The summed E-state index contributed by atoms with van der Waals surface area (Å²) in [5.74, 6) is -2.36. The first-order chi connectivity index (χ1) is 17.7. The van der Waals surface area contributed by atoms with E-state index in [0.29, 0.717) is 16.7 Å². The fraction of sp³-hybridized carbons (Fsp3) is 0.259. The van der Waals surface area contributed by atoms with E-state index in [-0.39, 0.29) is 58.9 Å². The van der Waals surface area contributed by atoms with Gasteiger partial charge in [0.25, 0.3) is 5.91 Å². The maximum atomic E-state index is 15.6. The Morgan fingerprint density at radius 1 is 1.19 bits per heavy atom. The van der Waals surface area contributed by atoms with Gasteiger partial charge in [0.2, 0.25) is 5.91 Å². The minimum absolute atomic E-state index is 0.0237. The highest BCUT2D eigenvalue weighted by Crippen LogP contribution is 2.47. The van der Waals surface area contributed by atoms with Crippen LogP contribution < -0.4 is 21.5 Å². The first-order valence-corrected chi connectivity index (χ1v) is 11.8. The summed E-state index contributed by atoms with van der Waals surface area (Å²) in [5.41, 5.74) is 13.3. The normalized spacial score (nSPS) is 13.1. The van der Waals surface area contributed by atoms with E-state index in [1.54, 1.807) is 26.0 Å². The zero-order chi connectivity index (χ0) is 26.7. The number of anilines is 1. The van der Waals surface area contributed by atoms with Gasteiger partial charge in [-0.25, -0.2) is 18.7 Å². The molecule has 4 rings (SSSR count). The molecule has 1 aliphatic rings. The van der Waals surface area contributed by atoms with Crippen molar-refractivity contribution in [2.45, 2.75) is 32.6 Å². The van der Waals surface area contributed by atoms with E-state index in [0.717, 1.165) is 12.8 Å². The van der Waals surface area contributed by atoms with Crippen molar-refractivity contribution in [2.24, 2.45) is 5.73 Å². The van der Waals surface area contributed by atoms with Crippen LogP contribution in [-0.4, -0.2) is 34.9 Å². The van der Waals surface area contributed by atoms with Crippen molar-refractivity contribution in [1.82, 2.24) is 15.3 Å². The molecule has 1 heterocycles. The monoisotopic (exact) mass is 507 g/mol. The number of rotatable bonds is 9. The number of nitrogens with two attached hydrogens (primary N) is 2.